The lowest BCUT2D eigenvalue weighted by Crippen LogP contribution is -3.08. The van der Waals surface area contributed by atoms with E-state index in [0.29, 0.717) is 23.4 Å². The van der Waals surface area contributed by atoms with Crippen LogP contribution in [-0.4, -0.2) is 34.5 Å². The van der Waals surface area contributed by atoms with Crippen LogP contribution in [0, 0.1) is 6.92 Å². The van der Waals surface area contributed by atoms with Gasteiger partial charge in [-0.25, -0.2) is 0 Å². The monoisotopic (exact) mass is 340 g/mol. The molecule has 0 radical (unpaired) electrons. The number of likely N-dealkylation sites (tertiary alicyclic amines) is 1. The van der Waals surface area contributed by atoms with E-state index in [4.69, 9.17) is 0 Å². The third-order valence-corrected chi connectivity index (χ3v) is 4.81. The van der Waals surface area contributed by atoms with E-state index in [9.17, 15) is 10.2 Å². The van der Waals surface area contributed by atoms with Crippen LogP contribution in [0.25, 0.3) is 0 Å². The largest absolute Gasteiger partial charge is 0.505 e. The van der Waals surface area contributed by atoms with Gasteiger partial charge in [0, 0.05) is 41.9 Å². The fourth-order valence-corrected chi connectivity index (χ4v) is 3.27. The lowest BCUT2D eigenvalue weighted by molar-refractivity contribution is -0.901. The standard InChI is InChI=1S/C20H25N3O2/c1-15-20(25)19(18(14-24)11-22-15)12-21-10-16-4-6-17(7-5-16)13-23-8-2-3-9-23/h4-7,11-12,24-25H,2-3,8-10,13-14H2,1H3/p+1. The minimum absolute atomic E-state index is 0.0826. The van der Waals surface area contributed by atoms with Gasteiger partial charge in [-0.15, -0.1) is 0 Å². The SMILES string of the molecule is Cc1ncc(CO)c(C=NCc2ccc(C[NH+]3CCCC3)cc2)c1O. The normalized spacial score (nSPS) is 15.3. The fraction of sp³-hybridized carbons (Fsp3) is 0.400. The number of aliphatic hydroxyl groups is 1. The predicted octanol–water partition coefficient (Wildman–Crippen LogP) is 1.39. The quantitative estimate of drug-likeness (QED) is 0.696. The minimum Gasteiger partial charge on any atom is -0.505 e. The maximum atomic E-state index is 10.1. The number of pyridine rings is 1. The first-order chi connectivity index (χ1) is 12.2. The molecule has 0 saturated carbocycles. The van der Waals surface area contributed by atoms with Crippen molar-refractivity contribution in [3.8, 4) is 5.75 Å². The summed E-state index contributed by atoms with van der Waals surface area (Å²) < 4.78 is 0. The van der Waals surface area contributed by atoms with Gasteiger partial charge in [0.15, 0.2) is 0 Å². The molecule has 0 atom stereocenters. The maximum absolute atomic E-state index is 10.1. The average Bonchev–Trinajstić information content (AvgIpc) is 3.13. The van der Waals surface area contributed by atoms with E-state index in [1.54, 1.807) is 24.2 Å². The zero-order valence-corrected chi connectivity index (χ0v) is 14.7. The molecule has 1 aromatic heterocycles. The first kappa shape index (κ1) is 17.6. The molecular formula is C20H26N3O2+. The van der Waals surface area contributed by atoms with Gasteiger partial charge in [0.05, 0.1) is 31.9 Å². The average molecular weight is 340 g/mol. The number of quaternary nitrogens is 1. The van der Waals surface area contributed by atoms with E-state index in [2.05, 4.69) is 34.2 Å². The molecule has 25 heavy (non-hydrogen) atoms. The fourth-order valence-electron chi connectivity index (χ4n) is 3.27. The van der Waals surface area contributed by atoms with Crippen LogP contribution in [0.4, 0.5) is 0 Å². The van der Waals surface area contributed by atoms with Crippen molar-refractivity contribution in [1.29, 1.82) is 0 Å². The molecule has 3 rings (SSSR count). The molecule has 2 heterocycles. The van der Waals surface area contributed by atoms with Crippen molar-refractivity contribution >= 4 is 6.21 Å². The van der Waals surface area contributed by atoms with Gasteiger partial charge < -0.3 is 15.1 Å². The van der Waals surface area contributed by atoms with Gasteiger partial charge in [-0.3, -0.25) is 9.98 Å². The highest BCUT2D eigenvalue weighted by molar-refractivity contribution is 5.85. The van der Waals surface area contributed by atoms with Gasteiger partial charge >= 0.3 is 0 Å². The second-order valence-electron chi connectivity index (χ2n) is 6.71. The number of rotatable bonds is 6. The molecular weight excluding hydrogens is 314 g/mol. The lowest BCUT2D eigenvalue weighted by atomic mass is 10.1. The third-order valence-electron chi connectivity index (χ3n) is 4.81. The number of aromatic nitrogens is 1. The Morgan fingerprint density at radius 1 is 1.16 bits per heavy atom. The number of hydrogen-bond acceptors (Lipinski definition) is 4. The maximum Gasteiger partial charge on any atom is 0.145 e. The summed E-state index contributed by atoms with van der Waals surface area (Å²) in [5.41, 5.74) is 4.16. The number of aliphatic imine (C=N–C) groups is 1. The van der Waals surface area contributed by atoms with Crippen molar-refractivity contribution in [2.75, 3.05) is 13.1 Å². The molecule has 0 unspecified atom stereocenters. The Morgan fingerprint density at radius 2 is 1.84 bits per heavy atom. The first-order valence-corrected chi connectivity index (χ1v) is 8.87. The summed E-state index contributed by atoms with van der Waals surface area (Å²) in [5, 5.41) is 19.5. The van der Waals surface area contributed by atoms with E-state index in [0.717, 1.165) is 12.1 Å². The molecule has 1 fully saturated rings. The Hall–Kier alpha value is -2.24. The van der Waals surface area contributed by atoms with Crippen molar-refractivity contribution in [1.82, 2.24) is 4.98 Å². The van der Waals surface area contributed by atoms with Gasteiger partial charge in [-0.1, -0.05) is 24.3 Å². The molecule has 0 amide bonds. The highest BCUT2D eigenvalue weighted by Gasteiger charge is 2.15. The van der Waals surface area contributed by atoms with E-state index >= 15 is 0 Å². The van der Waals surface area contributed by atoms with Crippen LogP contribution < -0.4 is 4.90 Å². The Labute approximate surface area is 148 Å². The van der Waals surface area contributed by atoms with Crippen LogP contribution in [0.2, 0.25) is 0 Å². The second kappa shape index (κ2) is 8.23. The van der Waals surface area contributed by atoms with Crippen LogP contribution in [0.3, 0.4) is 0 Å². The number of aromatic hydroxyl groups is 1. The first-order valence-electron chi connectivity index (χ1n) is 8.87. The molecule has 0 bridgehead atoms. The highest BCUT2D eigenvalue weighted by atomic mass is 16.3. The Balaban J connectivity index is 1.63. The van der Waals surface area contributed by atoms with E-state index in [1.807, 2.05) is 0 Å². The number of benzene rings is 1. The minimum atomic E-state index is -0.171. The van der Waals surface area contributed by atoms with Gasteiger partial charge in [-0.2, -0.15) is 0 Å². The molecule has 1 saturated heterocycles. The van der Waals surface area contributed by atoms with E-state index < -0.39 is 0 Å². The van der Waals surface area contributed by atoms with Gasteiger partial charge in [0.2, 0.25) is 0 Å². The zero-order chi connectivity index (χ0) is 17.6. The van der Waals surface area contributed by atoms with Crippen LogP contribution in [0.5, 0.6) is 5.75 Å². The molecule has 5 heteroatoms. The number of aliphatic hydroxyl groups excluding tert-OH is 1. The van der Waals surface area contributed by atoms with Crippen LogP contribution in [-0.2, 0) is 19.7 Å². The molecule has 5 nitrogen and oxygen atoms in total. The molecule has 0 aliphatic carbocycles. The second-order valence-corrected chi connectivity index (χ2v) is 6.71. The molecule has 0 spiro atoms. The van der Waals surface area contributed by atoms with Crippen molar-refractivity contribution in [3.63, 3.8) is 0 Å². The smallest absolute Gasteiger partial charge is 0.145 e. The summed E-state index contributed by atoms with van der Waals surface area (Å²) in [5.74, 6) is 0.0826. The van der Waals surface area contributed by atoms with Crippen LogP contribution >= 0.6 is 0 Å². The summed E-state index contributed by atoms with van der Waals surface area (Å²) >= 11 is 0. The molecule has 3 N–H and O–H groups in total. The van der Waals surface area contributed by atoms with Gasteiger partial charge in [0.25, 0.3) is 0 Å². The summed E-state index contributed by atoms with van der Waals surface area (Å²) in [7, 11) is 0. The van der Waals surface area contributed by atoms with Gasteiger partial charge in [0.1, 0.15) is 12.3 Å². The number of aryl methyl sites for hydroxylation is 1. The zero-order valence-electron chi connectivity index (χ0n) is 14.7. The van der Waals surface area contributed by atoms with Gasteiger partial charge in [-0.05, 0) is 12.5 Å². The number of nitrogens with zero attached hydrogens (tertiary/aromatic N) is 2. The van der Waals surface area contributed by atoms with Crippen LogP contribution in [0.15, 0.2) is 35.5 Å². The summed E-state index contributed by atoms with van der Waals surface area (Å²) in [6.07, 6.45) is 5.89. The lowest BCUT2D eigenvalue weighted by Gasteiger charge is -2.12. The molecule has 1 aliphatic rings. The molecule has 2 aromatic rings. The summed E-state index contributed by atoms with van der Waals surface area (Å²) in [6, 6.07) is 8.60. The summed E-state index contributed by atoms with van der Waals surface area (Å²) in [6.45, 7) is 5.78. The highest BCUT2D eigenvalue weighted by Crippen LogP contribution is 2.22. The van der Waals surface area contributed by atoms with Crippen LogP contribution in [0.1, 0.15) is 40.8 Å². The van der Waals surface area contributed by atoms with Crippen molar-refractivity contribution in [2.24, 2.45) is 4.99 Å². The topological polar surface area (TPSA) is 70.2 Å². The van der Waals surface area contributed by atoms with E-state index in [1.165, 1.54) is 31.5 Å². The van der Waals surface area contributed by atoms with Crippen molar-refractivity contribution < 1.29 is 15.1 Å². The third kappa shape index (κ3) is 4.44. The predicted molar refractivity (Wildman–Crippen MR) is 97.9 cm³/mol. The molecule has 1 aliphatic heterocycles. The number of nitrogens with one attached hydrogen (secondary N) is 1. The Bertz CT molecular complexity index is 735. The molecule has 1 aromatic carbocycles. The Kier molecular flexibility index (Phi) is 5.79. The summed E-state index contributed by atoms with van der Waals surface area (Å²) in [4.78, 5) is 10.2. The Morgan fingerprint density at radius 3 is 2.52 bits per heavy atom. The van der Waals surface area contributed by atoms with Crippen molar-refractivity contribution in [2.45, 2.75) is 39.5 Å². The van der Waals surface area contributed by atoms with Crippen molar-refractivity contribution in [3.05, 3.63) is 58.4 Å². The van der Waals surface area contributed by atoms with E-state index in [-0.39, 0.29) is 12.4 Å². The number of hydrogen-bond donors (Lipinski definition) is 3. The molecule has 132 valence electrons.